The van der Waals surface area contributed by atoms with Crippen molar-refractivity contribution >= 4 is 35.0 Å². The fraction of sp³-hybridized carbons (Fsp3) is 0.417. The van der Waals surface area contributed by atoms with Crippen LogP contribution in [-0.2, 0) is 4.79 Å². The first kappa shape index (κ1) is 21.7. The molecule has 0 radical (unpaired) electrons. The Morgan fingerprint density at radius 2 is 1.94 bits per heavy atom. The van der Waals surface area contributed by atoms with E-state index in [-0.39, 0.29) is 17.2 Å². The van der Waals surface area contributed by atoms with Gasteiger partial charge in [-0.2, -0.15) is 0 Å². The summed E-state index contributed by atoms with van der Waals surface area (Å²) in [6.45, 7) is 6.21. The average molecular weight is 439 g/mol. The van der Waals surface area contributed by atoms with Crippen LogP contribution >= 0.6 is 11.8 Å². The Bertz CT molecular complexity index is 915. The first-order valence-electron chi connectivity index (χ1n) is 11.1. The molecule has 2 N–H and O–H groups in total. The van der Waals surface area contributed by atoms with Crippen molar-refractivity contribution in [2.45, 2.75) is 36.5 Å². The van der Waals surface area contributed by atoms with Gasteiger partial charge in [-0.15, -0.1) is 0 Å². The van der Waals surface area contributed by atoms with Crippen LogP contribution in [-0.4, -0.2) is 54.8 Å². The molecule has 7 heteroatoms. The van der Waals surface area contributed by atoms with Gasteiger partial charge in [-0.25, -0.2) is 0 Å². The van der Waals surface area contributed by atoms with E-state index in [2.05, 4.69) is 39.5 Å². The molecule has 2 amide bonds. The number of nitrogens with one attached hydrogen (secondary N) is 2. The minimum atomic E-state index is -0.175. The molecule has 164 valence electrons. The maximum Gasteiger partial charge on any atom is 0.252 e. The molecule has 31 heavy (non-hydrogen) atoms. The van der Waals surface area contributed by atoms with Crippen LogP contribution in [0.25, 0.3) is 0 Å². The Hall–Kier alpha value is -2.51. The summed E-state index contributed by atoms with van der Waals surface area (Å²) in [5.74, 6) is -0.109. The number of hydrogen-bond donors (Lipinski definition) is 2. The van der Waals surface area contributed by atoms with Gasteiger partial charge in [-0.05, 0) is 63.2 Å². The number of anilines is 2. The molecule has 2 aromatic carbocycles. The number of piperidine rings is 1. The summed E-state index contributed by atoms with van der Waals surface area (Å²) in [6, 6.07) is 15.8. The highest BCUT2D eigenvalue weighted by Crippen LogP contribution is 2.38. The second-order valence-electron chi connectivity index (χ2n) is 7.94. The Morgan fingerprint density at radius 1 is 1.16 bits per heavy atom. The van der Waals surface area contributed by atoms with E-state index in [1.807, 2.05) is 30.3 Å². The Morgan fingerprint density at radius 3 is 2.68 bits per heavy atom. The summed E-state index contributed by atoms with van der Waals surface area (Å²) in [5.41, 5.74) is 2.45. The molecule has 1 saturated heterocycles. The smallest absolute Gasteiger partial charge is 0.252 e. The quantitative estimate of drug-likeness (QED) is 0.688. The van der Waals surface area contributed by atoms with Crippen LogP contribution in [0.4, 0.5) is 11.4 Å². The summed E-state index contributed by atoms with van der Waals surface area (Å²) in [6.07, 6.45) is 3.54. The maximum atomic E-state index is 12.7. The Kier molecular flexibility index (Phi) is 7.14. The van der Waals surface area contributed by atoms with Crippen molar-refractivity contribution in [3.8, 4) is 0 Å². The van der Waals surface area contributed by atoms with Crippen LogP contribution in [0.1, 0.15) is 36.5 Å². The highest BCUT2D eigenvalue weighted by molar-refractivity contribution is 8.00. The molecule has 2 aliphatic rings. The third-order valence-corrected chi connectivity index (χ3v) is 7.20. The lowest BCUT2D eigenvalue weighted by Crippen LogP contribution is -2.46. The second kappa shape index (κ2) is 10.2. The van der Waals surface area contributed by atoms with Gasteiger partial charge >= 0.3 is 0 Å². The van der Waals surface area contributed by atoms with Crippen molar-refractivity contribution in [3.63, 3.8) is 0 Å². The zero-order valence-corrected chi connectivity index (χ0v) is 18.8. The number of hydrogen-bond acceptors (Lipinski definition) is 5. The SMILES string of the molecule is CCN(CCNC(=O)c1ccc2c(c1)NC(=O)[C@H](N1CCCCC1)S2)c1ccccc1. The monoisotopic (exact) mass is 438 g/mol. The van der Waals surface area contributed by atoms with E-state index in [1.54, 1.807) is 17.8 Å². The summed E-state index contributed by atoms with van der Waals surface area (Å²) in [7, 11) is 0. The molecular formula is C24H30N4O2S. The number of fused-ring (bicyclic) bond motifs is 1. The normalized spacial score (nSPS) is 18.7. The van der Waals surface area contributed by atoms with E-state index in [0.717, 1.165) is 55.3 Å². The Balaban J connectivity index is 1.35. The predicted molar refractivity (Wildman–Crippen MR) is 127 cm³/mol. The molecule has 2 aliphatic heterocycles. The van der Waals surface area contributed by atoms with E-state index in [1.165, 1.54) is 6.42 Å². The number of benzene rings is 2. The van der Waals surface area contributed by atoms with E-state index in [4.69, 9.17) is 0 Å². The molecule has 0 aliphatic carbocycles. The number of thioether (sulfide) groups is 1. The summed E-state index contributed by atoms with van der Waals surface area (Å²) in [5, 5.41) is 5.85. The standard InChI is InChI=1S/C24H30N4O2S/c1-2-27(19-9-5-3-6-10-19)16-13-25-22(29)18-11-12-21-20(17-18)26-23(30)24(31-21)28-14-7-4-8-15-28/h3,5-6,9-12,17,24H,2,4,7-8,13-16H2,1H3,(H,25,29)(H,26,30)/t24-/m1/s1. The number of para-hydroxylation sites is 1. The van der Waals surface area contributed by atoms with Gasteiger partial charge in [-0.3, -0.25) is 14.5 Å². The molecule has 1 fully saturated rings. The van der Waals surface area contributed by atoms with Gasteiger partial charge in [0.05, 0.1) is 5.69 Å². The lowest BCUT2D eigenvalue weighted by Gasteiger charge is -2.35. The second-order valence-corrected chi connectivity index (χ2v) is 9.06. The first-order chi connectivity index (χ1) is 15.2. The lowest BCUT2D eigenvalue weighted by atomic mass is 10.1. The molecule has 0 bridgehead atoms. The third-order valence-electron chi connectivity index (χ3n) is 5.86. The minimum Gasteiger partial charge on any atom is -0.370 e. The van der Waals surface area contributed by atoms with Crippen LogP contribution in [0, 0.1) is 0 Å². The minimum absolute atomic E-state index is 0.0124. The van der Waals surface area contributed by atoms with Crippen LogP contribution in [0.2, 0.25) is 0 Å². The van der Waals surface area contributed by atoms with Crippen molar-refractivity contribution in [1.29, 1.82) is 0 Å². The largest absolute Gasteiger partial charge is 0.370 e. The van der Waals surface area contributed by atoms with E-state index in [9.17, 15) is 9.59 Å². The number of carbonyl (C=O) groups is 2. The fourth-order valence-electron chi connectivity index (χ4n) is 4.15. The fourth-order valence-corrected chi connectivity index (χ4v) is 5.30. The summed E-state index contributed by atoms with van der Waals surface area (Å²) >= 11 is 1.59. The summed E-state index contributed by atoms with van der Waals surface area (Å²) in [4.78, 5) is 30.9. The number of likely N-dealkylation sites (N-methyl/N-ethyl adjacent to an activating group) is 1. The van der Waals surface area contributed by atoms with Gasteiger partial charge in [0.25, 0.3) is 11.8 Å². The van der Waals surface area contributed by atoms with Gasteiger partial charge in [0.2, 0.25) is 0 Å². The van der Waals surface area contributed by atoms with Gasteiger partial charge < -0.3 is 15.5 Å². The number of nitrogens with zero attached hydrogens (tertiary/aromatic N) is 2. The Labute approximate surface area is 188 Å². The van der Waals surface area contributed by atoms with Crippen molar-refractivity contribution < 1.29 is 9.59 Å². The van der Waals surface area contributed by atoms with Crippen molar-refractivity contribution in [3.05, 3.63) is 54.1 Å². The van der Waals surface area contributed by atoms with E-state index >= 15 is 0 Å². The predicted octanol–water partition coefficient (Wildman–Crippen LogP) is 3.80. The van der Waals surface area contributed by atoms with Crippen molar-refractivity contribution in [2.24, 2.45) is 0 Å². The highest BCUT2D eigenvalue weighted by Gasteiger charge is 2.33. The molecular weight excluding hydrogens is 408 g/mol. The number of carbonyl (C=O) groups excluding carboxylic acids is 2. The molecule has 0 unspecified atom stereocenters. The van der Waals surface area contributed by atoms with Crippen LogP contribution < -0.4 is 15.5 Å². The number of rotatable bonds is 7. The summed E-state index contributed by atoms with van der Waals surface area (Å²) < 4.78 is 0. The molecule has 2 heterocycles. The molecule has 0 spiro atoms. The van der Waals surface area contributed by atoms with E-state index in [0.29, 0.717) is 12.1 Å². The molecule has 0 aromatic heterocycles. The van der Waals surface area contributed by atoms with E-state index < -0.39 is 0 Å². The number of likely N-dealkylation sites (tertiary alicyclic amines) is 1. The van der Waals surface area contributed by atoms with Crippen molar-refractivity contribution in [2.75, 3.05) is 42.9 Å². The zero-order valence-electron chi connectivity index (χ0n) is 18.0. The van der Waals surface area contributed by atoms with Crippen LogP contribution in [0.3, 0.4) is 0 Å². The molecule has 1 atom stereocenters. The zero-order chi connectivity index (χ0) is 21.6. The topological polar surface area (TPSA) is 64.7 Å². The molecule has 6 nitrogen and oxygen atoms in total. The van der Waals surface area contributed by atoms with Gasteiger partial charge in [0.1, 0.15) is 5.37 Å². The van der Waals surface area contributed by atoms with Gasteiger partial charge in [0, 0.05) is 35.8 Å². The number of amides is 2. The van der Waals surface area contributed by atoms with Crippen LogP contribution in [0.5, 0.6) is 0 Å². The first-order valence-corrected chi connectivity index (χ1v) is 12.0. The molecule has 4 rings (SSSR count). The maximum absolute atomic E-state index is 12.7. The van der Waals surface area contributed by atoms with Crippen molar-refractivity contribution in [1.82, 2.24) is 10.2 Å². The molecule has 2 aromatic rings. The lowest BCUT2D eigenvalue weighted by molar-refractivity contribution is -0.118. The highest BCUT2D eigenvalue weighted by atomic mass is 32.2. The van der Waals surface area contributed by atoms with Gasteiger partial charge in [-0.1, -0.05) is 36.4 Å². The molecule has 0 saturated carbocycles. The van der Waals surface area contributed by atoms with Gasteiger partial charge in [0.15, 0.2) is 0 Å². The third kappa shape index (κ3) is 5.22. The average Bonchev–Trinajstić information content (AvgIpc) is 2.82. The van der Waals surface area contributed by atoms with Crippen LogP contribution in [0.15, 0.2) is 53.4 Å².